The highest BCUT2D eigenvalue weighted by atomic mass is 32.1. The number of hydrogen-bond acceptors (Lipinski definition) is 4. The summed E-state index contributed by atoms with van der Waals surface area (Å²) in [5.74, 6) is -0.0584. The molecule has 1 heterocycles. The molecule has 1 aromatic heterocycles. The van der Waals surface area contributed by atoms with Crippen LogP contribution in [0.15, 0.2) is 35.7 Å². The quantitative estimate of drug-likeness (QED) is 0.886. The van der Waals surface area contributed by atoms with Crippen LogP contribution < -0.4 is 10.5 Å². The molecular weight excluding hydrogens is 265 g/mol. The van der Waals surface area contributed by atoms with Gasteiger partial charge >= 0.3 is 0 Å². The third-order valence-electron chi connectivity index (χ3n) is 3.06. The summed E-state index contributed by atoms with van der Waals surface area (Å²) in [6.07, 6.45) is -0.804. The van der Waals surface area contributed by atoms with E-state index < -0.39 is 6.10 Å². The molecule has 0 saturated carbocycles. The van der Waals surface area contributed by atoms with Crippen molar-refractivity contribution >= 4 is 11.3 Å². The van der Waals surface area contributed by atoms with Crippen molar-refractivity contribution in [3.63, 3.8) is 0 Å². The lowest BCUT2D eigenvalue weighted by molar-refractivity contribution is 0.147. The van der Waals surface area contributed by atoms with E-state index in [2.05, 4.69) is 0 Å². The fourth-order valence-corrected chi connectivity index (χ4v) is 2.97. The number of methoxy groups -OCH3 is 1. The largest absolute Gasteiger partial charge is 0.495 e. The minimum Gasteiger partial charge on any atom is -0.495 e. The summed E-state index contributed by atoms with van der Waals surface area (Å²) in [5.41, 5.74) is 6.42. The molecule has 0 bridgehead atoms. The number of benzene rings is 1. The third-order valence-corrected chi connectivity index (χ3v) is 4.03. The van der Waals surface area contributed by atoms with Crippen LogP contribution in [0.2, 0.25) is 0 Å². The van der Waals surface area contributed by atoms with Crippen molar-refractivity contribution in [3.05, 3.63) is 52.0 Å². The van der Waals surface area contributed by atoms with Gasteiger partial charge in [0.1, 0.15) is 11.6 Å². The van der Waals surface area contributed by atoms with Gasteiger partial charge < -0.3 is 15.6 Å². The molecule has 5 heteroatoms. The van der Waals surface area contributed by atoms with Gasteiger partial charge in [0.25, 0.3) is 0 Å². The van der Waals surface area contributed by atoms with Crippen molar-refractivity contribution in [2.45, 2.75) is 12.0 Å². The minimum absolute atomic E-state index is 0.228. The molecule has 0 aliphatic rings. The number of aliphatic hydroxyl groups excluding tert-OH is 1. The standard InChI is InChI=1S/C14H16FNO2S/c1-18-12-5-6-19-14(12)13(17)11(8-16)9-3-2-4-10(15)7-9/h2-7,11,13,17H,8,16H2,1H3. The molecule has 0 saturated heterocycles. The molecule has 19 heavy (non-hydrogen) atoms. The molecule has 0 spiro atoms. The van der Waals surface area contributed by atoms with Gasteiger partial charge in [0.15, 0.2) is 0 Å². The Morgan fingerprint density at radius 2 is 2.21 bits per heavy atom. The van der Waals surface area contributed by atoms with E-state index in [4.69, 9.17) is 10.5 Å². The first-order valence-corrected chi connectivity index (χ1v) is 6.80. The summed E-state index contributed by atoms with van der Waals surface area (Å²) in [5, 5.41) is 12.3. The van der Waals surface area contributed by atoms with E-state index in [1.54, 1.807) is 25.3 Å². The second kappa shape index (κ2) is 6.14. The number of hydrogen-bond donors (Lipinski definition) is 2. The Kier molecular flexibility index (Phi) is 4.52. The molecular formula is C14H16FNO2S. The summed E-state index contributed by atoms with van der Waals surface area (Å²) in [7, 11) is 1.55. The van der Waals surface area contributed by atoms with Gasteiger partial charge in [-0.25, -0.2) is 4.39 Å². The van der Waals surface area contributed by atoms with Crippen LogP contribution in [0.3, 0.4) is 0 Å². The van der Waals surface area contributed by atoms with Crippen molar-refractivity contribution in [2.75, 3.05) is 13.7 Å². The van der Waals surface area contributed by atoms with Crippen molar-refractivity contribution in [3.8, 4) is 5.75 Å². The lowest BCUT2D eigenvalue weighted by atomic mass is 9.92. The van der Waals surface area contributed by atoms with Crippen LogP contribution in [-0.2, 0) is 0 Å². The maximum absolute atomic E-state index is 13.3. The minimum atomic E-state index is -0.804. The fourth-order valence-electron chi connectivity index (χ4n) is 2.06. The molecule has 0 aliphatic carbocycles. The first-order valence-electron chi connectivity index (χ1n) is 5.92. The summed E-state index contributed by atoms with van der Waals surface area (Å²) in [6, 6.07) is 7.95. The van der Waals surface area contributed by atoms with E-state index >= 15 is 0 Å². The van der Waals surface area contributed by atoms with Crippen molar-refractivity contribution < 1.29 is 14.2 Å². The zero-order valence-electron chi connectivity index (χ0n) is 10.5. The lowest BCUT2D eigenvalue weighted by Gasteiger charge is -2.21. The van der Waals surface area contributed by atoms with E-state index in [0.717, 1.165) is 0 Å². The number of ether oxygens (including phenoxy) is 1. The van der Waals surface area contributed by atoms with Crippen LogP contribution in [0.25, 0.3) is 0 Å². The van der Waals surface area contributed by atoms with E-state index in [0.29, 0.717) is 16.2 Å². The summed E-state index contributed by atoms with van der Waals surface area (Å²) in [4.78, 5) is 0.710. The zero-order chi connectivity index (χ0) is 13.8. The number of nitrogens with two attached hydrogens (primary N) is 1. The van der Waals surface area contributed by atoms with Crippen LogP contribution in [0.4, 0.5) is 4.39 Å². The SMILES string of the molecule is COc1ccsc1C(O)C(CN)c1cccc(F)c1. The van der Waals surface area contributed by atoms with Crippen molar-refractivity contribution in [1.82, 2.24) is 0 Å². The molecule has 0 amide bonds. The van der Waals surface area contributed by atoms with Gasteiger partial charge in [-0.3, -0.25) is 0 Å². The van der Waals surface area contributed by atoms with Crippen LogP contribution in [0.5, 0.6) is 5.75 Å². The molecule has 2 atom stereocenters. The molecule has 0 aliphatic heterocycles. The second-order valence-electron chi connectivity index (χ2n) is 4.20. The summed E-state index contributed by atoms with van der Waals surface area (Å²) >= 11 is 1.40. The highest BCUT2D eigenvalue weighted by molar-refractivity contribution is 7.10. The monoisotopic (exact) mass is 281 g/mol. The molecule has 102 valence electrons. The van der Waals surface area contributed by atoms with Gasteiger partial charge in [0.2, 0.25) is 0 Å². The molecule has 1 aromatic carbocycles. The number of halogens is 1. The average molecular weight is 281 g/mol. The highest BCUT2D eigenvalue weighted by Crippen LogP contribution is 2.38. The molecule has 2 aromatic rings. The van der Waals surface area contributed by atoms with Gasteiger partial charge in [-0.1, -0.05) is 12.1 Å². The molecule has 3 nitrogen and oxygen atoms in total. The highest BCUT2D eigenvalue weighted by Gasteiger charge is 2.25. The van der Waals surface area contributed by atoms with Crippen molar-refractivity contribution in [1.29, 1.82) is 0 Å². The Morgan fingerprint density at radius 1 is 1.42 bits per heavy atom. The van der Waals surface area contributed by atoms with E-state index in [1.807, 2.05) is 5.38 Å². The first-order chi connectivity index (χ1) is 9.17. The molecule has 2 unspecified atom stereocenters. The Labute approximate surface area is 115 Å². The number of aliphatic hydroxyl groups is 1. The number of rotatable bonds is 5. The smallest absolute Gasteiger partial charge is 0.135 e. The van der Waals surface area contributed by atoms with Crippen LogP contribution in [0, 0.1) is 5.82 Å². The van der Waals surface area contributed by atoms with Crippen LogP contribution in [-0.4, -0.2) is 18.8 Å². The predicted molar refractivity (Wildman–Crippen MR) is 74.0 cm³/mol. The fraction of sp³-hybridized carbons (Fsp3) is 0.286. The van der Waals surface area contributed by atoms with Gasteiger partial charge in [0.05, 0.1) is 18.1 Å². The molecule has 3 N–H and O–H groups in total. The average Bonchev–Trinajstić information content (AvgIpc) is 2.87. The van der Waals surface area contributed by atoms with Gasteiger partial charge in [0, 0.05) is 12.5 Å². The maximum atomic E-state index is 13.3. The van der Waals surface area contributed by atoms with Crippen molar-refractivity contribution in [2.24, 2.45) is 5.73 Å². The van der Waals surface area contributed by atoms with E-state index in [-0.39, 0.29) is 18.3 Å². The van der Waals surface area contributed by atoms with Crippen LogP contribution >= 0.6 is 11.3 Å². The molecule has 2 rings (SSSR count). The topological polar surface area (TPSA) is 55.5 Å². The predicted octanol–water partition coefficient (Wildman–Crippen LogP) is 2.67. The van der Waals surface area contributed by atoms with Gasteiger partial charge in [-0.15, -0.1) is 11.3 Å². The molecule has 0 radical (unpaired) electrons. The lowest BCUT2D eigenvalue weighted by Crippen LogP contribution is -2.20. The van der Waals surface area contributed by atoms with Crippen LogP contribution in [0.1, 0.15) is 22.5 Å². The summed E-state index contributed by atoms with van der Waals surface area (Å²) in [6.45, 7) is 0.228. The Hall–Kier alpha value is -1.43. The number of thiophene rings is 1. The van der Waals surface area contributed by atoms with Gasteiger partial charge in [-0.05, 0) is 29.1 Å². The Balaban J connectivity index is 2.32. The second-order valence-corrected chi connectivity index (χ2v) is 5.14. The molecule has 0 fully saturated rings. The Morgan fingerprint density at radius 3 is 2.84 bits per heavy atom. The first kappa shape index (κ1) is 14.0. The zero-order valence-corrected chi connectivity index (χ0v) is 11.4. The summed E-state index contributed by atoms with van der Waals surface area (Å²) < 4.78 is 18.5. The maximum Gasteiger partial charge on any atom is 0.135 e. The van der Waals surface area contributed by atoms with Gasteiger partial charge in [-0.2, -0.15) is 0 Å². The van der Waals surface area contributed by atoms with E-state index in [1.165, 1.54) is 23.5 Å². The normalized spacial score (nSPS) is 14.1. The third kappa shape index (κ3) is 2.94. The Bertz CT molecular complexity index is 544. The van der Waals surface area contributed by atoms with E-state index in [9.17, 15) is 9.50 Å².